The van der Waals surface area contributed by atoms with E-state index in [0.29, 0.717) is 0 Å². The largest absolute Gasteiger partial charge is 0.336 e. The molecule has 0 bridgehead atoms. The summed E-state index contributed by atoms with van der Waals surface area (Å²) in [7, 11) is 0. The molecule has 1 aliphatic rings. The van der Waals surface area contributed by atoms with Crippen LogP contribution in [0.3, 0.4) is 0 Å². The first-order chi connectivity index (χ1) is 11.1. The van der Waals surface area contributed by atoms with Crippen LogP contribution in [0.15, 0.2) is 12.1 Å². The summed E-state index contributed by atoms with van der Waals surface area (Å²) in [6.45, 7) is 4.67. The summed E-state index contributed by atoms with van der Waals surface area (Å²) in [5.74, 6) is -1.98. The molecule has 0 saturated carbocycles. The van der Waals surface area contributed by atoms with Gasteiger partial charge in [0.2, 0.25) is 5.91 Å². The molecule has 1 aromatic carbocycles. The van der Waals surface area contributed by atoms with E-state index in [1.165, 1.54) is 12.1 Å². The lowest BCUT2D eigenvalue weighted by Crippen LogP contribution is -2.52. The van der Waals surface area contributed by atoms with Gasteiger partial charge in [0.05, 0.1) is 27.2 Å². The molecule has 1 aromatic rings. The van der Waals surface area contributed by atoms with Crippen molar-refractivity contribution in [2.75, 3.05) is 6.54 Å². The fourth-order valence-electron chi connectivity index (χ4n) is 2.20. The number of rotatable bonds is 4. The van der Waals surface area contributed by atoms with Gasteiger partial charge in [-0.25, -0.2) is 0 Å². The lowest BCUT2D eigenvalue weighted by atomic mass is 9.90. The molecule has 1 N–H and O–H groups in total. The summed E-state index contributed by atoms with van der Waals surface area (Å²) in [6, 6.07) is 4.65. The number of nitrogens with zero attached hydrogens (tertiary/aromatic N) is 2. The van der Waals surface area contributed by atoms with Crippen molar-refractivity contribution in [3.8, 4) is 6.07 Å². The number of halogens is 2. The average Bonchev–Trinajstić information content (AvgIpc) is 2.72. The highest BCUT2D eigenvalue weighted by molar-refractivity contribution is 6.43. The number of carbonyl (C=O) groups is 3. The highest BCUT2D eigenvalue weighted by atomic mass is 35.5. The quantitative estimate of drug-likeness (QED) is 0.828. The minimum atomic E-state index is -1.09. The van der Waals surface area contributed by atoms with E-state index >= 15 is 0 Å². The van der Waals surface area contributed by atoms with Gasteiger partial charge in [-0.1, -0.05) is 37.0 Å². The van der Waals surface area contributed by atoms with Crippen LogP contribution in [0.2, 0.25) is 10.0 Å². The van der Waals surface area contributed by atoms with Gasteiger partial charge in [0.1, 0.15) is 12.1 Å². The van der Waals surface area contributed by atoms with Gasteiger partial charge in [-0.05, 0) is 25.0 Å². The number of hydrogen-bond donors (Lipinski definition) is 1. The molecule has 24 heavy (non-hydrogen) atoms. The summed E-state index contributed by atoms with van der Waals surface area (Å²) < 4.78 is 0. The molecule has 0 aliphatic carbocycles. The molecule has 1 heterocycles. The third kappa shape index (κ3) is 3.10. The van der Waals surface area contributed by atoms with Crippen molar-refractivity contribution in [1.29, 1.82) is 5.26 Å². The van der Waals surface area contributed by atoms with Crippen molar-refractivity contribution in [2.45, 2.75) is 26.3 Å². The number of imide groups is 1. The Morgan fingerprint density at radius 1 is 1.25 bits per heavy atom. The molecule has 126 valence electrons. The van der Waals surface area contributed by atoms with Crippen LogP contribution in [0.4, 0.5) is 0 Å². The van der Waals surface area contributed by atoms with Crippen LogP contribution in [0.1, 0.15) is 41.5 Å². The highest BCUT2D eigenvalue weighted by Crippen LogP contribution is 2.31. The molecule has 0 saturated heterocycles. The Labute approximate surface area is 149 Å². The third-order valence-electron chi connectivity index (χ3n) is 4.10. The Kier molecular flexibility index (Phi) is 4.88. The number of benzene rings is 1. The molecule has 0 aromatic heterocycles. The molecule has 1 aliphatic heterocycles. The summed E-state index contributed by atoms with van der Waals surface area (Å²) in [6.07, 6.45) is 0. The molecule has 3 amide bonds. The number of nitriles is 1. The van der Waals surface area contributed by atoms with E-state index < -0.39 is 29.8 Å². The second kappa shape index (κ2) is 6.42. The van der Waals surface area contributed by atoms with Crippen molar-refractivity contribution in [3.05, 3.63) is 33.3 Å². The van der Waals surface area contributed by atoms with Crippen LogP contribution in [0.25, 0.3) is 0 Å². The van der Waals surface area contributed by atoms with Crippen LogP contribution >= 0.6 is 23.2 Å². The molecule has 0 spiro atoms. The van der Waals surface area contributed by atoms with Gasteiger partial charge in [-0.3, -0.25) is 19.3 Å². The number of amides is 3. The van der Waals surface area contributed by atoms with Crippen LogP contribution in [-0.2, 0) is 4.79 Å². The molecule has 0 fully saturated rings. The van der Waals surface area contributed by atoms with E-state index in [0.717, 1.165) is 4.90 Å². The lowest BCUT2D eigenvalue weighted by Gasteiger charge is -2.28. The lowest BCUT2D eigenvalue weighted by molar-refractivity contribution is -0.123. The van der Waals surface area contributed by atoms with Crippen molar-refractivity contribution in [3.63, 3.8) is 0 Å². The molecular weight excluding hydrogens is 353 g/mol. The van der Waals surface area contributed by atoms with E-state index in [9.17, 15) is 19.6 Å². The van der Waals surface area contributed by atoms with E-state index in [2.05, 4.69) is 5.32 Å². The Bertz CT molecular complexity index is 745. The summed E-state index contributed by atoms with van der Waals surface area (Å²) >= 11 is 11.7. The Morgan fingerprint density at radius 2 is 1.71 bits per heavy atom. The van der Waals surface area contributed by atoms with Crippen LogP contribution < -0.4 is 5.32 Å². The molecule has 1 unspecified atom stereocenters. The molecule has 8 heteroatoms. The van der Waals surface area contributed by atoms with Gasteiger partial charge < -0.3 is 5.32 Å². The first kappa shape index (κ1) is 18.2. The predicted octanol–water partition coefficient (Wildman–Crippen LogP) is 2.64. The van der Waals surface area contributed by atoms with E-state index in [4.69, 9.17) is 23.2 Å². The zero-order chi connectivity index (χ0) is 18.2. The van der Waals surface area contributed by atoms with Crippen molar-refractivity contribution < 1.29 is 14.4 Å². The Balaban J connectivity index is 2.21. The monoisotopic (exact) mass is 367 g/mol. The zero-order valence-corrected chi connectivity index (χ0v) is 14.8. The van der Waals surface area contributed by atoms with Gasteiger partial charge in [-0.2, -0.15) is 5.26 Å². The highest BCUT2D eigenvalue weighted by Gasteiger charge is 2.39. The minimum absolute atomic E-state index is 0.106. The van der Waals surface area contributed by atoms with Crippen molar-refractivity contribution >= 4 is 40.9 Å². The maximum atomic E-state index is 12.3. The number of fused-ring (bicyclic) bond motifs is 1. The molecule has 2 rings (SSSR count). The fourth-order valence-corrected chi connectivity index (χ4v) is 2.53. The molecular formula is C16H15Cl2N3O3. The van der Waals surface area contributed by atoms with Gasteiger partial charge >= 0.3 is 0 Å². The van der Waals surface area contributed by atoms with Gasteiger partial charge in [0.15, 0.2) is 0 Å². The SMILES string of the molecule is CC(C)C(C)(C#N)NC(=O)CN1C(=O)c2cc(Cl)c(Cl)cc2C1=O. The van der Waals surface area contributed by atoms with Gasteiger partial charge in [0, 0.05) is 0 Å². The van der Waals surface area contributed by atoms with E-state index in [1.54, 1.807) is 20.8 Å². The zero-order valence-electron chi connectivity index (χ0n) is 13.3. The maximum absolute atomic E-state index is 12.3. The first-order valence-corrected chi connectivity index (χ1v) is 7.93. The predicted molar refractivity (Wildman–Crippen MR) is 88.8 cm³/mol. The Morgan fingerprint density at radius 3 is 2.08 bits per heavy atom. The van der Waals surface area contributed by atoms with Crippen LogP contribution in [0, 0.1) is 17.2 Å². The number of nitrogens with one attached hydrogen (secondary N) is 1. The normalized spacial score (nSPS) is 16.0. The minimum Gasteiger partial charge on any atom is -0.336 e. The molecule has 1 atom stereocenters. The third-order valence-corrected chi connectivity index (χ3v) is 4.82. The fraction of sp³-hybridized carbons (Fsp3) is 0.375. The molecule has 6 nitrogen and oxygen atoms in total. The maximum Gasteiger partial charge on any atom is 0.262 e. The first-order valence-electron chi connectivity index (χ1n) is 7.18. The second-order valence-electron chi connectivity index (χ2n) is 6.03. The summed E-state index contributed by atoms with van der Waals surface area (Å²) in [5, 5.41) is 12.1. The van der Waals surface area contributed by atoms with Crippen LogP contribution in [0.5, 0.6) is 0 Å². The van der Waals surface area contributed by atoms with Crippen LogP contribution in [-0.4, -0.2) is 34.7 Å². The van der Waals surface area contributed by atoms with E-state index in [1.807, 2.05) is 6.07 Å². The van der Waals surface area contributed by atoms with Gasteiger partial charge in [0.25, 0.3) is 11.8 Å². The second-order valence-corrected chi connectivity index (χ2v) is 6.84. The van der Waals surface area contributed by atoms with E-state index in [-0.39, 0.29) is 27.1 Å². The standard InChI is InChI=1S/C16H15Cl2N3O3/c1-8(2)16(3,7-19)20-13(22)6-21-14(23)9-4-11(17)12(18)5-10(9)15(21)24/h4-5,8H,6H2,1-3H3,(H,20,22). The topological polar surface area (TPSA) is 90.3 Å². The van der Waals surface area contributed by atoms with Crippen molar-refractivity contribution in [2.24, 2.45) is 5.92 Å². The summed E-state index contributed by atoms with van der Waals surface area (Å²) in [5.41, 5.74) is -0.884. The smallest absolute Gasteiger partial charge is 0.262 e. The number of hydrogen-bond acceptors (Lipinski definition) is 4. The number of carbonyl (C=O) groups excluding carboxylic acids is 3. The molecule has 0 radical (unpaired) electrons. The summed E-state index contributed by atoms with van der Waals surface area (Å²) in [4.78, 5) is 37.7. The average molecular weight is 368 g/mol. The van der Waals surface area contributed by atoms with Gasteiger partial charge in [-0.15, -0.1) is 0 Å². The van der Waals surface area contributed by atoms with Crippen molar-refractivity contribution in [1.82, 2.24) is 10.2 Å². The Hall–Kier alpha value is -2.10.